The van der Waals surface area contributed by atoms with Crippen LogP contribution in [0.25, 0.3) is 11.0 Å². The minimum Gasteiger partial charge on any atom is -0.487 e. The number of hydrogen-bond donors (Lipinski definition) is 1. The average molecular weight is 488 g/mol. The van der Waals surface area contributed by atoms with Gasteiger partial charge in [-0.15, -0.1) is 0 Å². The van der Waals surface area contributed by atoms with Crippen LogP contribution in [-0.2, 0) is 0 Å². The second-order valence-corrected chi connectivity index (χ2v) is 9.61. The molecule has 1 aromatic heterocycles. The number of aryl methyl sites for hydroxylation is 1. The average Bonchev–Trinajstić information content (AvgIpc) is 3.16. The van der Waals surface area contributed by atoms with Crippen molar-refractivity contribution in [1.29, 1.82) is 0 Å². The fourth-order valence-electron chi connectivity index (χ4n) is 4.45. The number of ether oxygens (including phenoxy) is 1. The lowest BCUT2D eigenvalue weighted by atomic mass is 9.90. The first-order valence-electron chi connectivity index (χ1n) is 11.1. The van der Waals surface area contributed by atoms with Crippen molar-refractivity contribution in [3.8, 4) is 5.75 Å². The Morgan fingerprint density at radius 2 is 1.77 bits per heavy atom. The Bertz CT molecular complexity index is 1520. The minimum absolute atomic E-state index is 0.0547. The number of benzene rings is 3. The Balaban J connectivity index is 1.53. The van der Waals surface area contributed by atoms with Gasteiger partial charge in [-0.2, -0.15) is 0 Å². The van der Waals surface area contributed by atoms with Crippen LogP contribution in [0.5, 0.6) is 5.75 Å². The molecule has 7 heteroatoms. The fraction of sp³-hybridized carbons (Fsp3) is 0.179. The number of amides is 1. The van der Waals surface area contributed by atoms with Crippen LogP contribution in [-0.4, -0.2) is 23.1 Å². The molecule has 3 aromatic carbocycles. The number of carbonyl (C=O) groups is 3. The Morgan fingerprint density at radius 1 is 1.03 bits per heavy atom. The van der Waals surface area contributed by atoms with Gasteiger partial charge in [0.15, 0.2) is 17.3 Å². The van der Waals surface area contributed by atoms with E-state index in [0.717, 1.165) is 0 Å². The first kappa shape index (κ1) is 22.9. The van der Waals surface area contributed by atoms with Gasteiger partial charge in [-0.3, -0.25) is 14.4 Å². The van der Waals surface area contributed by atoms with Gasteiger partial charge in [-0.05, 0) is 51.1 Å². The second-order valence-electron chi connectivity index (χ2n) is 9.17. The number of furan rings is 1. The van der Waals surface area contributed by atoms with Crippen molar-refractivity contribution in [2.75, 3.05) is 5.32 Å². The lowest BCUT2D eigenvalue weighted by molar-refractivity contribution is 0.0623. The highest BCUT2D eigenvalue weighted by Gasteiger charge is 2.35. The number of anilines is 1. The predicted octanol–water partition coefficient (Wildman–Crippen LogP) is 6.62. The molecule has 2 heterocycles. The normalized spacial score (nSPS) is 14.3. The highest BCUT2D eigenvalue weighted by molar-refractivity contribution is 6.31. The van der Waals surface area contributed by atoms with Gasteiger partial charge in [0.2, 0.25) is 0 Å². The van der Waals surface area contributed by atoms with E-state index in [0.29, 0.717) is 44.1 Å². The number of fused-ring (bicyclic) bond motifs is 3. The van der Waals surface area contributed by atoms with E-state index in [-0.39, 0.29) is 29.3 Å². The van der Waals surface area contributed by atoms with Crippen molar-refractivity contribution < 1.29 is 23.5 Å². The molecule has 1 amide bonds. The molecule has 35 heavy (non-hydrogen) atoms. The highest BCUT2D eigenvalue weighted by Crippen LogP contribution is 2.40. The largest absolute Gasteiger partial charge is 0.487 e. The van der Waals surface area contributed by atoms with Gasteiger partial charge in [0.05, 0.1) is 17.7 Å². The zero-order valence-corrected chi connectivity index (χ0v) is 20.2. The first-order valence-corrected chi connectivity index (χ1v) is 11.5. The number of carbonyl (C=O) groups excluding carboxylic acids is 3. The third-order valence-corrected chi connectivity index (χ3v) is 6.26. The standard InChI is InChI=1S/C28H22ClNO5/c1-15-23-21(11-12-22-24(23)20(31)14-28(2,3)35-22)34-26(15)27(33)30-19-10-9-17(29)13-18(19)25(32)16-7-5-4-6-8-16/h4-13H,14H2,1-3H3,(H,30,33). The third kappa shape index (κ3) is 4.10. The van der Waals surface area contributed by atoms with Crippen LogP contribution in [0.15, 0.2) is 65.1 Å². The van der Waals surface area contributed by atoms with E-state index >= 15 is 0 Å². The summed E-state index contributed by atoms with van der Waals surface area (Å²) in [7, 11) is 0. The van der Waals surface area contributed by atoms with Crippen LogP contribution >= 0.6 is 11.6 Å². The maximum absolute atomic E-state index is 13.3. The topological polar surface area (TPSA) is 85.6 Å². The molecular weight excluding hydrogens is 466 g/mol. The van der Waals surface area contributed by atoms with Crippen LogP contribution < -0.4 is 10.1 Å². The van der Waals surface area contributed by atoms with E-state index in [9.17, 15) is 14.4 Å². The Hall–Kier alpha value is -3.90. The van der Waals surface area contributed by atoms with Gasteiger partial charge in [-0.1, -0.05) is 41.9 Å². The molecule has 4 aromatic rings. The molecule has 0 aliphatic carbocycles. The van der Waals surface area contributed by atoms with Crippen molar-refractivity contribution in [1.82, 2.24) is 0 Å². The van der Waals surface area contributed by atoms with Crippen LogP contribution in [0.1, 0.15) is 62.7 Å². The number of ketones is 2. The van der Waals surface area contributed by atoms with Crippen molar-refractivity contribution >= 4 is 45.7 Å². The summed E-state index contributed by atoms with van der Waals surface area (Å²) in [6.45, 7) is 5.45. The molecule has 0 spiro atoms. The predicted molar refractivity (Wildman–Crippen MR) is 134 cm³/mol. The van der Waals surface area contributed by atoms with Crippen molar-refractivity contribution in [3.63, 3.8) is 0 Å². The Morgan fingerprint density at radius 3 is 2.51 bits per heavy atom. The molecule has 0 saturated carbocycles. The first-order chi connectivity index (χ1) is 16.6. The number of hydrogen-bond acceptors (Lipinski definition) is 5. The third-order valence-electron chi connectivity index (χ3n) is 6.02. The Labute approximate surface area is 206 Å². The molecule has 0 unspecified atom stereocenters. The maximum atomic E-state index is 13.3. The van der Waals surface area contributed by atoms with E-state index < -0.39 is 11.5 Å². The molecule has 0 atom stereocenters. The second kappa shape index (κ2) is 8.40. The SMILES string of the molecule is Cc1c(C(=O)Nc2ccc(Cl)cc2C(=O)c2ccccc2)oc2ccc3c(c12)C(=O)CC(C)(C)O3. The zero-order chi connectivity index (χ0) is 24.9. The summed E-state index contributed by atoms with van der Waals surface area (Å²) >= 11 is 6.15. The summed E-state index contributed by atoms with van der Waals surface area (Å²) in [4.78, 5) is 39.3. The van der Waals surface area contributed by atoms with Crippen molar-refractivity contribution in [2.45, 2.75) is 32.8 Å². The van der Waals surface area contributed by atoms with Gasteiger partial charge in [0.25, 0.3) is 5.91 Å². The summed E-state index contributed by atoms with van der Waals surface area (Å²) in [5.74, 6) is -0.348. The molecule has 0 saturated heterocycles. The molecule has 0 bridgehead atoms. The number of rotatable bonds is 4. The number of nitrogens with one attached hydrogen (secondary N) is 1. The summed E-state index contributed by atoms with van der Waals surface area (Å²) in [5, 5.41) is 3.71. The van der Waals surface area contributed by atoms with Gasteiger partial charge in [0, 0.05) is 27.1 Å². The highest BCUT2D eigenvalue weighted by atomic mass is 35.5. The lowest BCUT2D eigenvalue weighted by Crippen LogP contribution is -2.35. The van der Waals surface area contributed by atoms with Crippen molar-refractivity contribution in [2.24, 2.45) is 0 Å². The van der Waals surface area contributed by atoms with Crippen LogP contribution in [0.2, 0.25) is 5.02 Å². The van der Waals surface area contributed by atoms with E-state index in [1.54, 1.807) is 55.5 Å². The molecule has 1 aliphatic heterocycles. The molecule has 176 valence electrons. The van der Waals surface area contributed by atoms with E-state index in [2.05, 4.69) is 5.32 Å². The van der Waals surface area contributed by atoms with Gasteiger partial charge >= 0.3 is 0 Å². The molecule has 6 nitrogen and oxygen atoms in total. The minimum atomic E-state index is -0.605. The van der Waals surface area contributed by atoms with E-state index in [1.165, 1.54) is 6.07 Å². The van der Waals surface area contributed by atoms with Crippen molar-refractivity contribution in [3.05, 3.63) is 93.7 Å². The molecule has 0 radical (unpaired) electrons. The quantitative estimate of drug-likeness (QED) is 0.327. The van der Waals surface area contributed by atoms with E-state index in [1.807, 2.05) is 19.9 Å². The number of Topliss-reactive ketones (excluding diaryl/α,β-unsaturated/α-hetero) is 1. The summed E-state index contributed by atoms with van der Waals surface area (Å²) in [6.07, 6.45) is 0.223. The molecule has 1 N–H and O–H groups in total. The maximum Gasteiger partial charge on any atom is 0.291 e. The molecule has 5 rings (SSSR count). The molecular formula is C28H22ClNO5. The summed E-state index contributed by atoms with van der Waals surface area (Å²) in [6, 6.07) is 16.8. The lowest BCUT2D eigenvalue weighted by Gasteiger charge is -2.31. The zero-order valence-electron chi connectivity index (χ0n) is 19.4. The monoisotopic (exact) mass is 487 g/mol. The van der Waals surface area contributed by atoms with E-state index in [4.69, 9.17) is 20.8 Å². The van der Waals surface area contributed by atoms with Crippen LogP contribution in [0, 0.1) is 6.92 Å². The van der Waals surface area contributed by atoms with Gasteiger partial charge in [-0.25, -0.2) is 0 Å². The van der Waals surface area contributed by atoms with Gasteiger partial charge in [0.1, 0.15) is 16.9 Å². The molecule has 1 aliphatic rings. The summed E-state index contributed by atoms with van der Waals surface area (Å²) < 4.78 is 11.9. The van der Waals surface area contributed by atoms with Crippen LogP contribution in [0.4, 0.5) is 5.69 Å². The van der Waals surface area contributed by atoms with Gasteiger partial charge < -0.3 is 14.5 Å². The smallest absolute Gasteiger partial charge is 0.291 e. The fourth-order valence-corrected chi connectivity index (χ4v) is 4.62. The molecule has 0 fully saturated rings. The Kier molecular flexibility index (Phi) is 5.49. The number of halogens is 1. The summed E-state index contributed by atoms with van der Waals surface area (Å²) in [5.41, 5.74) is 1.79. The van der Waals surface area contributed by atoms with Crippen LogP contribution in [0.3, 0.4) is 0 Å².